The predicted octanol–water partition coefficient (Wildman–Crippen LogP) is 0.909. The van der Waals surface area contributed by atoms with Crippen LogP contribution in [0.15, 0.2) is 35.5 Å². The molecule has 0 saturated heterocycles. The van der Waals surface area contributed by atoms with E-state index in [-0.39, 0.29) is 24.1 Å². The second-order valence-electron chi connectivity index (χ2n) is 6.12. The summed E-state index contributed by atoms with van der Waals surface area (Å²) in [7, 11) is 1.69. The van der Waals surface area contributed by atoms with Gasteiger partial charge in [-0.2, -0.15) is 5.10 Å². The summed E-state index contributed by atoms with van der Waals surface area (Å²) < 4.78 is 21.7. The maximum absolute atomic E-state index is 13.5. The first-order valence-electron chi connectivity index (χ1n) is 8.11. The van der Waals surface area contributed by atoms with E-state index in [0.29, 0.717) is 35.4 Å². The number of carbonyl (C=O) groups excluding carboxylic acids is 1. The molecular formula is C17H16FN5O3. The minimum Gasteiger partial charge on any atom is -0.493 e. The Bertz CT molecular complexity index is 1060. The second-order valence-corrected chi connectivity index (χ2v) is 6.12. The number of carbonyl (C=O) groups is 1. The molecule has 0 fully saturated rings. The van der Waals surface area contributed by atoms with E-state index in [2.05, 4.69) is 15.4 Å². The fourth-order valence-electron chi connectivity index (χ4n) is 3.09. The van der Waals surface area contributed by atoms with Crippen molar-refractivity contribution in [1.82, 2.24) is 24.6 Å². The van der Waals surface area contributed by atoms with Gasteiger partial charge < -0.3 is 10.1 Å². The summed E-state index contributed by atoms with van der Waals surface area (Å²) in [6.45, 7) is 0.241. The lowest BCUT2D eigenvalue weighted by Gasteiger charge is -2.26. The van der Waals surface area contributed by atoms with Crippen LogP contribution in [-0.4, -0.2) is 31.8 Å². The highest BCUT2D eigenvalue weighted by Crippen LogP contribution is 2.32. The number of rotatable bonds is 3. The van der Waals surface area contributed by atoms with E-state index in [1.807, 2.05) is 0 Å². The predicted molar refractivity (Wildman–Crippen MR) is 90.2 cm³/mol. The zero-order chi connectivity index (χ0) is 18.3. The average Bonchev–Trinajstić information content (AvgIpc) is 3.00. The molecule has 1 N–H and O–H groups in total. The largest absolute Gasteiger partial charge is 0.493 e. The maximum atomic E-state index is 13.5. The van der Waals surface area contributed by atoms with Crippen LogP contribution in [0.5, 0.6) is 5.75 Å². The quantitative estimate of drug-likeness (QED) is 0.752. The summed E-state index contributed by atoms with van der Waals surface area (Å²) in [5.74, 6) is -0.200. The summed E-state index contributed by atoms with van der Waals surface area (Å²) in [5.41, 5.74) is 0.718. The number of hydrogen-bond acceptors (Lipinski definition) is 5. The third kappa shape index (κ3) is 2.81. The molecule has 8 nitrogen and oxygen atoms in total. The lowest BCUT2D eigenvalue weighted by atomic mass is 10.0. The molecule has 3 aromatic rings. The van der Waals surface area contributed by atoms with Crippen LogP contribution in [0.3, 0.4) is 0 Å². The number of fused-ring (bicyclic) bond motifs is 2. The molecule has 1 aromatic carbocycles. The van der Waals surface area contributed by atoms with Crippen LogP contribution < -0.4 is 15.6 Å². The fraction of sp³-hybridized carbons (Fsp3) is 0.294. The third-order valence-corrected chi connectivity index (χ3v) is 4.38. The van der Waals surface area contributed by atoms with Crippen LogP contribution in [0, 0.1) is 5.82 Å². The number of nitrogens with one attached hydrogen (secondary N) is 1. The Morgan fingerprint density at radius 1 is 1.46 bits per heavy atom. The van der Waals surface area contributed by atoms with E-state index in [4.69, 9.17) is 4.74 Å². The Morgan fingerprint density at radius 2 is 2.31 bits per heavy atom. The van der Waals surface area contributed by atoms with E-state index >= 15 is 0 Å². The molecule has 1 unspecified atom stereocenters. The Hall–Kier alpha value is -3.23. The lowest BCUT2D eigenvalue weighted by molar-refractivity contribution is -0.122. The van der Waals surface area contributed by atoms with Gasteiger partial charge in [0.2, 0.25) is 5.91 Å². The third-order valence-electron chi connectivity index (χ3n) is 4.38. The van der Waals surface area contributed by atoms with Crippen LogP contribution in [0.4, 0.5) is 4.39 Å². The van der Waals surface area contributed by atoms with Crippen molar-refractivity contribution < 1.29 is 13.9 Å². The molecule has 0 radical (unpaired) electrons. The molecule has 0 bridgehead atoms. The molecule has 3 heterocycles. The molecule has 1 aliphatic rings. The van der Waals surface area contributed by atoms with Gasteiger partial charge in [0.1, 0.15) is 29.8 Å². The highest BCUT2D eigenvalue weighted by atomic mass is 19.1. The molecule has 0 spiro atoms. The summed E-state index contributed by atoms with van der Waals surface area (Å²) in [6, 6.07) is 3.85. The minimum atomic E-state index is -0.393. The molecule has 0 aliphatic carbocycles. The van der Waals surface area contributed by atoms with Crippen LogP contribution >= 0.6 is 0 Å². The molecule has 134 valence electrons. The van der Waals surface area contributed by atoms with Gasteiger partial charge in [0.15, 0.2) is 5.65 Å². The van der Waals surface area contributed by atoms with Crippen molar-refractivity contribution in [2.24, 2.45) is 7.05 Å². The minimum absolute atomic E-state index is 0.182. The number of benzene rings is 1. The highest BCUT2D eigenvalue weighted by molar-refractivity contribution is 5.77. The molecule has 2 aromatic heterocycles. The number of halogens is 1. The number of nitrogens with zero attached hydrogens (tertiary/aromatic N) is 4. The lowest BCUT2D eigenvalue weighted by Crippen LogP contribution is -2.36. The zero-order valence-electron chi connectivity index (χ0n) is 14.0. The van der Waals surface area contributed by atoms with Crippen LogP contribution in [0.1, 0.15) is 18.0 Å². The molecule has 1 aliphatic heterocycles. The van der Waals surface area contributed by atoms with Crippen molar-refractivity contribution in [2.75, 3.05) is 6.61 Å². The number of amides is 1. The maximum Gasteiger partial charge on any atom is 0.264 e. The highest BCUT2D eigenvalue weighted by Gasteiger charge is 2.24. The number of aryl methyl sites for hydroxylation is 1. The van der Waals surface area contributed by atoms with Crippen molar-refractivity contribution in [1.29, 1.82) is 0 Å². The number of aromatic nitrogens is 4. The SMILES string of the molecule is Cn1ncc2c(=O)n(CC(=O)NC3CCOc4ccc(F)cc43)cnc21. The number of hydrogen-bond donors (Lipinski definition) is 1. The average molecular weight is 357 g/mol. The second kappa shape index (κ2) is 6.25. The van der Waals surface area contributed by atoms with Gasteiger partial charge in [-0.05, 0) is 18.2 Å². The van der Waals surface area contributed by atoms with Crippen LogP contribution in [0.2, 0.25) is 0 Å². The van der Waals surface area contributed by atoms with E-state index in [1.54, 1.807) is 13.1 Å². The van der Waals surface area contributed by atoms with Crippen LogP contribution in [0.25, 0.3) is 11.0 Å². The van der Waals surface area contributed by atoms with E-state index in [1.165, 1.54) is 33.9 Å². The van der Waals surface area contributed by atoms with E-state index in [0.717, 1.165) is 0 Å². The molecule has 1 amide bonds. The van der Waals surface area contributed by atoms with Gasteiger partial charge >= 0.3 is 0 Å². The van der Waals surface area contributed by atoms with Crippen molar-refractivity contribution in [2.45, 2.75) is 19.0 Å². The van der Waals surface area contributed by atoms with Crippen LogP contribution in [-0.2, 0) is 18.4 Å². The molecule has 4 rings (SSSR count). The molecule has 0 saturated carbocycles. The first-order valence-corrected chi connectivity index (χ1v) is 8.11. The van der Waals surface area contributed by atoms with Crippen molar-refractivity contribution in [3.63, 3.8) is 0 Å². The Balaban J connectivity index is 1.55. The standard InChI is InChI=1S/C17H16FN5O3/c1-22-16-12(7-20-22)17(25)23(9-19-16)8-15(24)21-13-4-5-26-14-3-2-10(18)6-11(13)14/h2-3,6-7,9,13H,4-5,8H2,1H3,(H,21,24). The van der Waals surface area contributed by atoms with Gasteiger partial charge in [0, 0.05) is 19.0 Å². The van der Waals surface area contributed by atoms with Crippen molar-refractivity contribution in [3.8, 4) is 5.75 Å². The fourth-order valence-corrected chi connectivity index (χ4v) is 3.09. The molecule has 26 heavy (non-hydrogen) atoms. The van der Waals surface area contributed by atoms with Gasteiger partial charge in [0.25, 0.3) is 5.56 Å². The first-order chi connectivity index (χ1) is 12.5. The Kier molecular flexibility index (Phi) is 3.90. The van der Waals surface area contributed by atoms with Gasteiger partial charge in [-0.25, -0.2) is 9.37 Å². The summed E-state index contributed by atoms with van der Waals surface area (Å²) in [5, 5.41) is 7.18. The van der Waals surface area contributed by atoms with Gasteiger partial charge in [0.05, 0.1) is 18.8 Å². The Labute approximate surface area is 147 Å². The molecule has 9 heteroatoms. The molecular weight excluding hydrogens is 341 g/mol. The smallest absolute Gasteiger partial charge is 0.264 e. The zero-order valence-corrected chi connectivity index (χ0v) is 14.0. The van der Waals surface area contributed by atoms with Crippen molar-refractivity contribution in [3.05, 3.63) is 52.5 Å². The summed E-state index contributed by atoms with van der Waals surface area (Å²) >= 11 is 0. The molecule has 1 atom stereocenters. The van der Waals surface area contributed by atoms with Gasteiger partial charge in [-0.3, -0.25) is 18.8 Å². The van der Waals surface area contributed by atoms with Crippen molar-refractivity contribution >= 4 is 16.9 Å². The van der Waals surface area contributed by atoms with Gasteiger partial charge in [-0.15, -0.1) is 0 Å². The van der Waals surface area contributed by atoms with E-state index in [9.17, 15) is 14.0 Å². The monoisotopic (exact) mass is 357 g/mol. The van der Waals surface area contributed by atoms with E-state index < -0.39 is 5.82 Å². The topological polar surface area (TPSA) is 91.0 Å². The normalized spacial score (nSPS) is 16.2. The first kappa shape index (κ1) is 16.2. The number of ether oxygens (including phenoxy) is 1. The summed E-state index contributed by atoms with van der Waals surface area (Å²) in [4.78, 5) is 29.0. The van der Waals surface area contributed by atoms with Gasteiger partial charge in [-0.1, -0.05) is 0 Å². The summed E-state index contributed by atoms with van der Waals surface area (Å²) in [6.07, 6.45) is 3.27. The Morgan fingerprint density at radius 3 is 3.15 bits per heavy atom.